The van der Waals surface area contributed by atoms with E-state index in [1.165, 1.54) is 0 Å². The number of aliphatic carboxylic acids is 1. The zero-order chi connectivity index (χ0) is 28.1. The molecule has 3 N–H and O–H groups in total. The molecular weight excluding hydrogens is 508 g/mol. The molecule has 4 atom stereocenters. The van der Waals surface area contributed by atoms with Gasteiger partial charge in [-0.1, -0.05) is 85.3 Å². The smallest absolute Gasteiger partial charge is 0.407 e. The highest BCUT2D eigenvalue weighted by Gasteiger charge is 2.37. The number of amides is 2. The minimum absolute atomic E-state index is 0.108. The average molecular weight is 543 g/mol. The molecule has 0 spiro atoms. The topological polar surface area (TPSA) is 114 Å². The largest absolute Gasteiger partial charge is 0.481 e. The Morgan fingerprint density at radius 1 is 0.900 bits per heavy atom. The van der Waals surface area contributed by atoms with Gasteiger partial charge in [0, 0.05) is 12.0 Å². The highest BCUT2D eigenvalue weighted by Crippen LogP contribution is 2.44. The van der Waals surface area contributed by atoms with Crippen LogP contribution in [0.5, 0.6) is 0 Å². The Hall–Kier alpha value is -4.17. The van der Waals surface area contributed by atoms with Crippen LogP contribution in [0.2, 0.25) is 0 Å². The molecule has 3 aromatic rings. The van der Waals surface area contributed by atoms with Gasteiger partial charge in [-0.2, -0.15) is 0 Å². The summed E-state index contributed by atoms with van der Waals surface area (Å²) in [5, 5.41) is 15.1. The fraction of sp³-hybridized carbons (Fsp3) is 0.344. The Morgan fingerprint density at radius 2 is 1.52 bits per heavy atom. The van der Waals surface area contributed by atoms with E-state index in [-0.39, 0.29) is 19.1 Å². The van der Waals surface area contributed by atoms with Crippen LogP contribution in [-0.4, -0.2) is 47.9 Å². The molecule has 0 heterocycles. The maximum absolute atomic E-state index is 13.4. The number of hydrogen-bond donors (Lipinski definition) is 3. The molecule has 0 bridgehead atoms. The molecule has 2 amide bonds. The van der Waals surface area contributed by atoms with E-state index in [9.17, 15) is 19.5 Å². The standard InChI is InChI=1S/C32H34N2O6/c1-20(39-18-21-10-3-2-4-11-21)29(30(35)33-28-17-9-16-26(28)31(36)37)34-32(38)40-19-27-24-14-7-5-12-22(24)23-13-6-8-15-25(23)27/h2-8,10-15,20,26-29H,9,16-19H2,1H3,(H,33,35)(H,34,38)(H,36,37)/t20-,26?,28?,29+/m0/s1. The molecular formula is C32H34N2O6. The first kappa shape index (κ1) is 27.4. The summed E-state index contributed by atoms with van der Waals surface area (Å²) in [5.74, 6) is -2.20. The summed E-state index contributed by atoms with van der Waals surface area (Å²) < 4.78 is 11.7. The van der Waals surface area contributed by atoms with Crippen molar-refractivity contribution in [1.29, 1.82) is 0 Å². The molecule has 3 aromatic carbocycles. The predicted octanol–water partition coefficient (Wildman–Crippen LogP) is 4.87. The second-order valence-electron chi connectivity index (χ2n) is 10.4. The molecule has 2 aliphatic rings. The quantitative estimate of drug-likeness (QED) is 0.337. The summed E-state index contributed by atoms with van der Waals surface area (Å²) in [7, 11) is 0. The first-order chi connectivity index (χ1) is 19.4. The van der Waals surface area contributed by atoms with Crippen LogP contribution in [-0.2, 0) is 25.7 Å². The normalized spacial score (nSPS) is 19.2. The summed E-state index contributed by atoms with van der Waals surface area (Å²) in [5.41, 5.74) is 5.35. The van der Waals surface area contributed by atoms with Crippen molar-refractivity contribution in [2.45, 2.75) is 56.9 Å². The Morgan fingerprint density at radius 3 is 2.17 bits per heavy atom. The number of carbonyl (C=O) groups excluding carboxylic acids is 2. The third kappa shape index (κ3) is 6.02. The Bertz CT molecular complexity index is 1310. The van der Waals surface area contributed by atoms with Gasteiger partial charge in [-0.3, -0.25) is 9.59 Å². The highest BCUT2D eigenvalue weighted by molar-refractivity contribution is 5.87. The van der Waals surface area contributed by atoms with Crippen LogP contribution >= 0.6 is 0 Å². The fourth-order valence-electron chi connectivity index (χ4n) is 5.76. The zero-order valence-electron chi connectivity index (χ0n) is 22.4. The number of nitrogens with one attached hydrogen (secondary N) is 2. The maximum Gasteiger partial charge on any atom is 0.407 e. The summed E-state index contributed by atoms with van der Waals surface area (Å²) >= 11 is 0. The van der Waals surface area contributed by atoms with Gasteiger partial charge >= 0.3 is 12.1 Å². The van der Waals surface area contributed by atoms with Crippen molar-refractivity contribution in [3.8, 4) is 11.1 Å². The van der Waals surface area contributed by atoms with Crippen molar-refractivity contribution < 1.29 is 29.0 Å². The lowest BCUT2D eigenvalue weighted by atomic mass is 9.98. The van der Waals surface area contributed by atoms with Gasteiger partial charge in [0.15, 0.2) is 0 Å². The Balaban J connectivity index is 1.27. The number of fused-ring (bicyclic) bond motifs is 3. The molecule has 40 heavy (non-hydrogen) atoms. The van der Waals surface area contributed by atoms with Crippen LogP contribution in [0.15, 0.2) is 78.9 Å². The number of hydrogen-bond acceptors (Lipinski definition) is 5. The predicted molar refractivity (Wildman–Crippen MR) is 150 cm³/mol. The minimum atomic E-state index is -1.07. The van der Waals surface area contributed by atoms with Crippen molar-refractivity contribution in [1.82, 2.24) is 10.6 Å². The molecule has 208 valence electrons. The van der Waals surface area contributed by atoms with Gasteiger partial charge in [0.1, 0.15) is 12.6 Å². The van der Waals surface area contributed by atoms with E-state index < -0.39 is 42.1 Å². The molecule has 0 radical (unpaired) electrons. The summed E-state index contributed by atoms with van der Waals surface area (Å²) in [6.07, 6.45) is 0.348. The van der Waals surface area contributed by atoms with E-state index in [4.69, 9.17) is 9.47 Å². The van der Waals surface area contributed by atoms with Gasteiger partial charge in [-0.25, -0.2) is 4.79 Å². The average Bonchev–Trinajstić information content (AvgIpc) is 3.56. The van der Waals surface area contributed by atoms with E-state index in [1.807, 2.05) is 66.7 Å². The van der Waals surface area contributed by atoms with Gasteiger partial charge < -0.3 is 25.2 Å². The van der Waals surface area contributed by atoms with Crippen LogP contribution < -0.4 is 10.6 Å². The number of carboxylic acid groups (broad SMARTS) is 1. The van der Waals surface area contributed by atoms with E-state index in [0.29, 0.717) is 19.3 Å². The first-order valence-electron chi connectivity index (χ1n) is 13.7. The molecule has 8 nitrogen and oxygen atoms in total. The zero-order valence-corrected chi connectivity index (χ0v) is 22.4. The molecule has 2 unspecified atom stereocenters. The number of carbonyl (C=O) groups is 3. The number of benzene rings is 3. The van der Waals surface area contributed by atoms with Crippen LogP contribution in [0.25, 0.3) is 11.1 Å². The molecule has 1 fully saturated rings. The van der Waals surface area contributed by atoms with Gasteiger partial charge in [0.05, 0.1) is 18.6 Å². The third-order valence-electron chi connectivity index (χ3n) is 7.89. The van der Waals surface area contributed by atoms with Crippen molar-refractivity contribution in [2.75, 3.05) is 6.61 Å². The van der Waals surface area contributed by atoms with E-state index in [0.717, 1.165) is 27.8 Å². The number of carboxylic acids is 1. The second kappa shape index (κ2) is 12.3. The maximum atomic E-state index is 13.4. The van der Waals surface area contributed by atoms with E-state index >= 15 is 0 Å². The summed E-state index contributed by atoms with van der Waals surface area (Å²) in [4.78, 5) is 38.1. The first-order valence-corrected chi connectivity index (χ1v) is 13.7. The van der Waals surface area contributed by atoms with E-state index in [2.05, 4.69) is 22.8 Å². The fourth-order valence-corrected chi connectivity index (χ4v) is 5.76. The molecule has 8 heteroatoms. The molecule has 0 aliphatic heterocycles. The second-order valence-corrected chi connectivity index (χ2v) is 10.4. The number of rotatable bonds is 10. The monoisotopic (exact) mass is 542 g/mol. The van der Waals surface area contributed by atoms with Crippen molar-refractivity contribution in [3.05, 3.63) is 95.6 Å². The SMILES string of the molecule is C[C@H](OCc1ccccc1)[C@@H](NC(=O)OCC1c2ccccc2-c2ccccc21)C(=O)NC1CCCC1C(=O)O. The van der Waals surface area contributed by atoms with Gasteiger partial charge in [0.25, 0.3) is 0 Å². The van der Waals surface area contributed by atoms with Crippen LogP contribution in [0, 0.1) is 5.92 Å². The lowest BCUT2D eigenvalue weighted by Crippen LogP contribution is -2.56. The lowest BCUT2D eigenvalue weighted by molar-refractivity contribution is -0.142. The van der Waals surface area contributed by atoms with Crippen molar-refractivity contribution in [2.24, 2.45) is 5.92 Å². The molecule has 0 aromatic heterocycles. The van der Waals surface area contributed by atoms with Crippen LogP contribution in [0.4, 0.5) is 4.79 Å². The molecule has 0 saturated heterocycles. The van der Waals surface area contributed by atoms with Gasteiger partial charge in [-0.05, 0) is 47.6 Å². The Kier molecular flexibility index (Phi) is 8.45. The summed E-state index contributed by atoms with van der Waals surface area (Å²) in [6.45, 7) is 2.07. The van der Waals surface area contributed by atoms with Crippen LogP contribution in [0.1, 0.15) is 48.8 Å². The van der Waals surface area contributed by atoms with Gasteiger partial charge in [0.2, 0.25) is 5.91 Å². The van der Waals surface area contributed by atoms with E-state index in [1.54, 1.807) is 6.92 Å². The Labute approximate surface area is 233 Å². The van der Waals surface area contributed by atoms with Crippen LogP contribution in [0.3, 0.4) is 0 Å². The third-order valence-corrected chi connectivity index (χ3v) is 7.89. The van der Waals surface area contributed by atoms with Gasteiger partial charge in [-0.15, -0.1) is 0 Å². The molecule has 5 rings (SSSR count). The number of alkyl carbamates (subject to hydrolysis) is 1. The number of ether oxygens (including phenoxy) is 2. The van der Waals surface area contributed by atoms with Crippen molar-refractivity contribution in [3.63, 3.8) is 0 Å². The molecule has 1 saturated carbocycles. The summed E-state index contributed by atoms with van der Waals surface area (Å²) in [6, 6.07) is 24.1. The van der Waals surface area contributed by atoms with Crippen molar-refractivity contribution >= 4 is 18.0 Å². The highest BCUT2D eigenvalue weighted by atomic mass is 16.5. The minimum Gasteiger partial charge on any atom is -0.481 e. The lowest BCUT2D eigenvalue weighted by Gasteiger charge is -2.27. The molecule has 2 aliphatic carbocycles.